The molecule has 0 aromatic carbocycles. The van der Waals surface area contributed by atoms with Crippen LogP contribution in [0.15, 0.2) is 16.9 Å². The maximum atomic E-state index is 5.77. The van der Waals surface area contributed by atoms with Crippen molar-refractivity contribution in [2.24, 2.45) is 0 Å². The molecule has 0 fully saturated rings. The molecule has 0 aliphatic rings. The number of pyridine rings is 1. The van der Waals surface area contributed by atoms with E-state index in [0.29, 0.717) is 0 Å². The third-order valence-corrected chi connectivity index (χ3v) is 2.50. The highest BCUT2D eigenvalue weighted by atomic mass is 79.9. The molecule has 1 heterocycles. The molecule has 0 radical (unpaired) electrons. The van der Waals surface area contributed by atoms with Crippen LogP contribution in [0.25, 0.3) is 0 Å². The molecule has 0 spiro atoms. The van der Waals surface area contributed by atoms with Gasteiger partial charge in [0.2, 0.25) is 0 Å². The SMILES string of the molecule is CCCCc1c(N)cncc1Br. The first-order valence-electron chi connectivity index (χ1n) is 4.13. The predicted molar refractivity (Wildman–Crippen MR) is 55.0 cm³/mol. The van der Waals surface area contributed by atoms with Gasteiger partial charge in [0.25, 0.3) is 0 Å². The predicted octanol–water partition coefficient (Wildman–Crippen LogP) is 2.77. The number of rotatable bonds is 3. The molecule has 0 unspecified atom stereocenters. The van der Waals surface area contributed by atoms with Crippen molar-refractivity contribution in [3.05, 3.63) is 22.4 Å². The zero-order valence-electron chi connectivity index (χ0n) is 7.18. The minimum atomic E-state index is 0.790. The second-order valence-electron chi connectivity index (χ2n) is 2.79. The van der Waals surface area contributed by atoms with Crippen LogP contribution in [0.2, 0.25) is 0 Å². The monoisotopic (exact) mass is 228 g/mol. The summed E-state index contributed by atoms with van der Waals surface area (Å²) in [5, 5.41) is 0. The average Bonchev–Trinajstić information content (AvgIpc) is 2.04. The Labute approximate surface area is 81.3 Å². The molecular formula is C9H13BrN2. The zero-order valence-corrected chi connectivity index (χ0v) is 8.76. The van der Waals surface area contributed by atoms with Crippen LogP contribution in [0, 0.1) is 0 Å². The van der Waals surface area contributed by atoms with E-state index in [0.717, 1.165) is 16.6 Å². The molecule has 1 aromatic rings. The van der Waals surface area contributed by atoms with Crippen LogP contribution < -0.4 is 5.73 Å². The van der Waals surface area contributed by atoms with E-state index in [1.165, 1.54) is 18.4 Å². The largest absolute Gasteiger partial charge is 0.397 e. The van der Waals surface area contributed by atoms with Gasteiger partial charge in [0.15, 0.2) is 0 Å². The number of hydrogen-bond donors (Lipinski definition) is 1. The fourth-order valence-electron chi connectivity index (χ4n) is 1.09. The van der Waals surface area contributed by atoms with Crippen LogP contribution in [0.3, 0.4) is 0 Å². The number of halogens is 1. The van der Waals surface area contributed by atoms with E-state index in [2.05, 4.69) is 27.8 Å². The van der Waals surface area contributed by atoms with Crippen molar-refractivity contribution in [3.8, 4) is 0 Å². The van der Waals surface area contributed by atoms with Gasteiger partial charge in [-0.05, 0) is 34.3 Å². The Bertz CT molecular complexity index is 240. The molecule has 1 rings (SSSR count). The molecule has 0 bridgehead atoms. The maximum Gasteiger partial charge on any atom is 0.0544 e. The van der Waals surface area contributed by atoms with Crippen LogP contribution in [0.1, 0.15) is 25.3 Å². The lowest BCUT2D eigenvalue weighted by Crippen LogP contribution is -1.96. The summed E-state index contributed by atoms with van der Waals surface area (Å²) in [6, 6.07) is 0. The highest BCUT2D eigenvalue weighted by Crippen LogP contribution is 2.22. The summed E-state index contributed by atoms with van der Waals surface area (Å²) in [6.07, 6.45) is 6.89. The molecule has 0 saturated carbocycles. The fourth-order valence-corrected chi connectivity index (χ4v) is 1.64. The van der Waals surface area contributed by atoms with Gasteiger partial charge < -0.3 is 5.73 Å². The van der Waals surface area contributed by atoms with E-state index in [4.69, 9.17) is 5.73 Å². The fraction of sp³-hybridized carbons (Fsp3) is 0.444. The number of unbranched alkanes of at least 4 members (excludes halogenated alkanes) is 1. The van der Waals surface area contributed by atoms with Crippen LogP contribution in [0.5, 0.6) is 0 Å². The Hall–Kier alpha value is -0.570. The van der Waals surface area contributed by atoms with Crippen molar-refractivity contribution in [2.45, 2.75) is 26.2 Å². The topological polar surface area (TPSA) is 38.9 Å². The summed E-state index contributed by atoms with van der Waals surface area (Å²) in [5.74, 6) is 0. The van der Waals surface area contributed by atoms with E-state index >= 15 is 0 Å². The van der Waals surface area contributed by atoms with Gasteiger partial charge in [-0.1, -0.05) is 13.3 Å². The number of nitrogens with zero attached hydrogens (tertiary/aromatic N) is 1. The van der Waals surface area contributed by atoms with E-state index < -0.39 is 0 Å². The Kier molecular flexibility index (Phi) is 3.53. The van der Waals surface area contributed by atoms with Crippen molar-refractivity contribution in [3.63, 3.8) is 0 Å². The Morgan fingerprint density at radius 2 is 2.25 bits per heavy atom. The highest BCUT2D eigenvalue weighted by molar-refractivity contribution is 9.10. The van der Waals surface area contributed by atoms with Gasteiger partial charge in [0.05, 0.1) is 11.9 Å². The second-order valence-corrected chi connectivity index (χ2v) is 3.65. The smallest absolute Gasteiger partial charge is 0.0544 e. The standard InChI is InChI=1S/C9H13BrN2/c1-2-3-4-7-8(10)5-12-6-9(7)11/h5-6H,2-4,11H2,1H3. The van der Waals surface area contributed by atoms with Crippen molar-refractivity contribution < 1.29 is 0 Å². The molecule has 0 atom stereocenters. The van der Waals surface area contributed by atoms with Gasteiger partial charge in [0.1, 0.15) is 0 Å². The van der Waals surface area contributed by atoms with Crippen molar-refractivity contribution in [2.75, 3.05) is 5.73 Å². The summed E-state index contributed by atoms with van der Waals surface area (Å²) < 4.78 is 1.02. The first-order valence-corrected chi connectivity index (χ1v) is 4.93. The van der Waals surface area contributed by atoms with Gasteiger partial charge >= 0.3 is 0 Å². The zero-order chi connectivity index (χ0) is 8.97. The number of nitrogens with two attached hydrogens (primary N) is 1. The lowest BCUT2D eigenvalue weighted by Gasteiger charge is -2.05. The van der Waals surface area contributed by atoms with E-state index in [-0.39, 0.29) is 0 Å². The lowest BCUT2D eigenvalue weighted by atomic mass is 10.1. The van der Waals surface area contributed by atoms with E-state index in [1.54, 1.807) is 12.4 Å². The summed E-state index contributed by atoms with van der Waals surface area (Å²) >= 11 is 3.43. The van der Waals surface area contributed by atoms with Crippen molar-refractivity contribution in [1.29, 1.82) is 0 Å². The number of aromatic nitrogens is 1. The van der Waals surface area contributed by atoms with Gasteiger partial charge in [-0.2, -0.15) is 0 Å². The molecule has 0 amide bonds. The third-order valence-electron chi connectivity index (χ3n) is 1.82. The second kappa shape index (κ2) is 4.45. The number of hydrogen-bond acceptors (Lipinski definition) is 2. The van der Waals surface area contributed by atoms with Crippen LogP contribution in [0.4, 0.5) is 5.69 Å². The molecule has 0 aliphatic heterocycles. The average molecular weight is 229 g/mol. The minimum Gasteiger partial charge on any atom is -0.397 e. The Morgan fingerprint density at radius 3 is 2.83 bits per heavy atom. The van der Waals surface area contributed by atoms with Crippen LogP contribution in [-0.2, 0) is 6.42 Å². The summed E-state index contributed by atoms with van der Waals surface area (Å²) in [5.41, 5.74) is 7.75. The summed E-state index contributed by atoms with van der Waals surface area (Å²) in [7, 11) is 0. The molecule has 0 saturated heterocycles. The van der Waals surface area contributed by atoms with Crippen molar-refractivity contribution in [1.82, 2.24) is 4.98 Å². The van der Waals surface area contributed by atoms with Gasteiger partial charge in [-0.3, -0.25) is 4.98 Å². The Morgan fingerprint density at radius 1 is 1.50 bits per heavy atom. The molecule has 12 heavy (non-hydrogen) atoms. The third kappa shape index (κ3) is 2.21. The quantitative estimate of drug-likeness (QED) is 0.865. The molecule has 1 aromatic heterocycles. The van der Waals surface area contributed by atoms with Crippen LogP contribution >= 0.6 is 15.9 Å². The maximum absolute atomic E-state index is 5.77. The molecular weight excluding hydrogens is 216 g/mol. The molecule has 3 heteroatoms. The summed E-state index contributed by atoms with van der Waals surface area (Å²) in [6.45, 7) is 2.17. The molecule has 2 nitrogen and oxygen atoms in total. The van der Waals surface area contributed by atoms with E-state index in [9.17, 15) is 0 Å². The van der Waals surface area contributed by atoms with Gasteiger partial charge in [-0.15, -0.1) is 0 Å². The lowest BCUT2D eigenvalue weighted by molar-refractivity contribution is 0.793. The Balaban J connectivity index is 2.81. The van der Waals surface area contributed by atoms with Crippen LogP contribution in [-0.4, -0.2) is 4.98 Å². The molecule has 66 valence electrons. The molecule has 2 N–H and O–H groups in total. The normalized spacial score (nSPS) is 10.2. The number of nitrogen functional groups attached to an aromatic ring is 1. The first-order chi connectivity index (χ1) is 5.75. The van der Waals surface area contributed by atoms with Gasteiger partial charge in [-0.25, -0.2) is 0 Å². The van der Waals surface area contributed by atoms with E-state index in [1.807, 2.05) is 0 Å². The minimum absolute atomic E-state index is 0.790. The van der Waals surface area contributed by atoms with Crippen molar-refractivity contribution >= 4 is 21.6 Å². The summed E-state index contributed by atoms with van der Waals surface area (Å²) in [4.78, 5) is 3.98. The van der Waals surface area contributed by atoms with Gasteiger partial charge in [0, 0.05) is 10.7 Å². The first kappa shape index (κ1) is 9.52. The molecule has 0 aliphatic carbocycles. The number of anilines is 1. The highest BCUT2D eigenvalue weighted by Gasteiger charge is 2.02.